The number of likely N-dealkylation sites (tertiary alicyclic amines) is 1. The monoisotopic (exact) mass is 299 g/mol. The third-order valence-corrected chi connectivity index (χ3v) is 6.23. The molecule has 0 spiro atoms. The van der Waals surface area contributed by atoms with E-state index in [1.807, 2.05) is 30.8 Å². The van der Waals surface area contributed by atoms with Gasteiger partial charge in [-0.25, -0.2) is 4.79 Å². The zero-order valence-corrected chi connectivity index (χ0v) is 14.0. The minimum absolute atomic E-state index is 0.153. The summed E-state index contributed by atoms with van der Waals surface area (Å²) in [5.74, 6) is 0. The lowest BCUT2D eigenvalue weighted by Gasteiger charge is -2.36. The van der Waals surface area contributed by atoms with Crippen molar-refractivity contribution >= 4 is 17.8 Å². The van der Waals surface area contributed by atoms with Crippen molar-refractivity contribution in [2.24, 2.45) is 0 Å². The van der Waals surface area contributed by atoms with Crippen LogP contribution in [-0.2, 0) is 0 Å². The maximum atomic E-state index is 11.9. The summed E-state index contributed by atoms with van der Waals surface area (Å²) < 4.78 is 0.483. The Balaban J connectivity index is 1.73. The van der Waals surface area contributed by atoms with Crippen LogP contribution in [0.2, 0.25) is 0 Å². The number of urea groups is 1. The van der Waals surface area contributed by atoms with Gasteiger partial charge in [-0.1, -0.05) is 12.8 Å². The maximum absolute atomic E-state index is 11.9. The van der Waals surface area contributed by atoms with Crippen molar-refractivity contribution < 1.29 is 4.79 Å². The highest BCUT2D eigenvalue weighted by molar-refractivity contribution is 8.00. The van der Waals surface area contributed by atoms with E-state index in [-0.39, 0.29) is 6.03 Å². The summed E-state index contributed by atoms with van der Waals surface area (Å²) in [5, 5.41) is 3.77. The lowest BCUT2D eigenvalue weighted by Crippen LogP contribution is -2.50. The number of thioether (sulfide) groups is 1. The third-order valence-electron chi connectivity index (χ3n) is 4.81. The molecule has 4 nitrogen and oxygen atoms in total. The molecular formula is C15H29N3OS. The molecule has 2 aliphatic rings. The SMILES string of the molecule is CSC1(CNC2CCN(C(=O)N(C)C)CC2)CCCC1. The van der Waals surface area contributed by atoms with Crippen molar-refractivity contribution in [2.45, 2.75) is 49.3 Å². The molecule has 1 saturated carbocycles. The first kappa shape index (κ1) is 16.0. The van der Waals surface area contributed by atoms with E-state index in [0.29, 0.717) is 10.8 Å². The Morgan fingerprint density at radius 2 is 1.90 bits per heavy atom. The van der Waals surface area contributed by atoms with Crippen molar-refractivity contribution in [3.05, 3.63) is 0 Å². The predicted octanol–water partition coefficient (Wildman–Crippen LogP) is 2.40. The van der Waals surface area contributed by atoms with Crippen LogP contribution in [0, 0.1) is 0 Å². The van der Waals surface area contributed by atoms with Crippen LogP contribution in [0.25, 0.3) is 0 Å². The lowest BCUT2D eigenvalue weighted by molar-refractivity contribution is 0.152. The van der Waals surface area contributed by atoms with Crippen LogP contribution in [-0.4, -0.2) is 66.6 Å². The van der Waals surface area contributed by atoms with E-state index < -0.39 is 0 Å². The van der Waals surface area contributed by atoms with Gasteiger partial charge in [-0.15, -0.1) is 0 Å². The molecular weight excluding hydrogens is 270 g/mol. The average molecular weight is 299 g/mol. The number of hydrogen-bond acceptors (Lipinski definition) is 3. The van der Waals surface area contributed by atoms with Crippen LogP contribution in [0.15, 0.2) is 0 Å². The van der Waals surface area contributed by atoms with E-state index in [9.17, 15) is 4.79 Å². The summed E-state index contributed by atoms with van der Waals surface area (Å²) >= 11 is 2.04. The summed E-state index contributed by atoms with van der Waals surface area (Å²) in [5.41, 5.74) is 0. The highest BCUT2D eigenvalue weighted by Gasteiger charge is 2.33. The van der Waals surface area contributed by atoms with Crippen molar-refractivity contribution in [2.75, 3.05) is 40.0 Å². The average Bonchev–Trinajstić information content (AvgIpc) is 2.94. The Kier molecular flexibility index (Phi) is 5.61. The molecule has 116 valence electrons. The topological polar surface area (TPSA) is 35.6 Å². The minimum Gasteiger partial charge on any atom is -0.331 e. The normalized spacial score (nSPS) is 23.1. The molecule has 0 aromatic carbocycles. The molecule has 20 heavy (non-hydrogen) atoms. The van der Waals surface area contributed by atoms with Gasteiger partial charge in [0.25, 0.3) is 0 Å². The van der Waals surface area contributed by atoms with Crippen LogP contribution in [0.1, 0.15) is 38.5 Å². The summed E-state index contributed by atoms with van der Waals surface area (Å²) in [7, 11) is 3.66. The Morgan fingerprint density at radius 3 is 2.40 bits per heavy atom. The minimum atomic E-state index is 0.153. The Hall–Kier alpha value is -0.420. The highest BCUT2D eigenvalue weighted by atomic mass is 32.2. The Morgan fingerprint density at radius 1 is 1.30 bits per heavy atom. The van der Waals surface area contributed by atoms with E-state index in [0.717, 1.165) is 32.5 Å². The summed E-state index contributed by atoms with van der Waals surface area (Å²) in [6, 6.07) is 0.741. The van der Waals surface area contributed by atoms with Gasteiger partial charge in [0.05, 0.1) is 0 Å². The molecule has 0 radical (unpaired) electrons. The molecule has 2 rings (SSSR count). The van der Waals surface area contributed by atoms with Crippen molar-refractivity contribution in [3.63, 3.8) is 0 Å². The fourth-order valence-corrected chi connectivity index (χ4v) is 4.29. The third kappa shape index (κ3) is 3.82. The Labute approximate surface area is 127 Å². The van der Waals surface area contributed by atoms with Gasteiger partial charge in [0.15, 0.2) is 0 Å². The standard InChI is InChI=1S/C15H29N3OS/c1-17(2)14(19)18-10-6-13(7-11-18)16-12-15(20-3)8-4-5-9-15/h13,16H,4-12H2,1-3H3. The number of amides is 2. The quantitative estimate of drug-likeness (QED) is 0.866. The van der Waals surface area contributed by atoms with Gasteiger partial charge >= 0.3 is 6.03 Å². The number of nitrogens with zero attached hydrogens (tertiary/aromatic N) is 2. The lowest BCUT2D eigenvalue weighted by atomic mass is 10.0. The molecule has 1 N–H and O–H groups in total. The van der Waals surface area contributed by atoms with Crippen LogP contribution >= 0.6 is 11.8 Å². The second-order valence-corrected chi connectivity index (χ2v) is 7.69. The van der Waals surface area contributed by atoms with Gasteiger partial charge < -0.3 is 15.1 Å². The van der Waals surface area contributed by atoms with Gasteiger partial charge in [-0.05, 0) is 31.9 Å². The van der Waals surface area contributed by atoms with E-state index in [1.165, 1.54) is 25.7 Å². The predicted molar refractivity (Wildman–Crippen MR) is 86.4 cm³/mol. The fraction of sp³-hybridized carbons (Fsp3) is 0.933. The van der Waals surface area contributed by atoms with Crippen LogP contribution in [0.3, 0.4) is 0 Å². The molecule has 1 heterocycles. The largest absolute Gasteiger partial charge is 0.331 e. The number of carbonyl (C=O) groups excluding carboxylic acids is 1. The summed E-state index contributed by atoms with van der Waals surface area (Å²) in [6.45, 7) is 2.92. The van der Waals surface area contributed by atoms with Crippen LogP contribution in [0.5, 0.6) is 0 Å². The first-order chi connectivity index (χ1) is 9.56. The zero-order valence-electron chi connectivity index (χ0n) is 13.2. The number of piperidine rings is 1. The number of nitrogens with one attached hydrogen (secondary N) is 1. The second-order valence-electron chi connectivity index (χ2n) is 6.41. The van der Waals surface area contributed by atoms with Crippen molar-refractivity contribution in [1.29, 1.82) is 0 Å². The van der Waals surface area contributed by atoms with Gasteiger partial charge in [0, 0.05) is 44.5 Å². The molecule has 1 aliphatic heterocycles. The molecule has 1 aliphatic carbocycles. The first-order valence-electron chi connectivity index (χ1n) is 7.81. The highest BCUT2D eigenvalue weighted by Crippen LogP contribution is 2.39. The summed E-state index contributed by atoms with van der Waals surface area (Å²) in [6.07, 6.45) is 9.92. The van der Waals surface area contributed by atoms with Crippen molar-refractivity contribution in [1.82, 2.24) is 15.1 Å². The van der Waals surface area contributed by atoms with Gasteiger partial charge in [0.2, 0.25) is 0 Å². The molecule has 2 fully saturated rings. The molecule has 5 heteroatoms. The summed E-state index contributed by atoms with van der Waals surface area (Å²) in [4.78, 5) is 15.5. The van der Waals surface area contributed by atoms with Gasteiger partial charge in [-0.2, -0.15) is 11.8 Å². The number of carbonyl (C=O) groups is 1. The van der Waals surface area contributed by atoms with E-state index in [1.54, 1.807) is 4.90 Å². The van der Waals surface area contributed by atoms with Gasteiger partial charge in [-0.3, -0.25) is 0 Å². The molecule has 0 atom stereocenters. The molecule has 0 aromatic rings. The van der Waals surface area contributed by atoms with E-state index in [4.69, 9.17) is 0 Å². The molecule has 1 saturated heterocycles. The smallest absolute Gasteiger partial charge is 0.319 e. The maximum Gasteiger partial charge on any atom is 0.319 e. The first-order valence-corrected chi connectivity index (χ1v) is 9.03. The van der Waals surface area contributed by atoms with E-state index >= 15 is 0 Å². The Bertz CT molecular complexity index is 321. The van der Waals surface area contributed by atoms with Gasteiger partial charge in [0.1, 0.15) is 0 Å². The van der Waals surface area contributed by atoms with Crippen LogP contribution in [0.4, 0.5) is 4.79 Å². The van der Waals surface area contributed by atoms with Crippen molar-refractivity contribution in [3.8, 4) is 0 Å². The molecule has 2 amide bonds. The second kappa shape index (κ2) is 7.03. The number of hydrogen-bond donors (Lipinski definition) is 1. The zero-order chi connectivity index (χ0) is 14.6. The number of rotatable bonds is 4. The molecule has 0 unspecified atom stereocenters. The fourth-order valence-electron chi connectivity index (χ4n) is 3.36. The molecule has 0 bridgehead atoms. The van der Waals surface area contributed by atoms with E-state index in [2.05, 4.69) is 11.6 Å². The molecule has 0 aromatic heterocycles. The van der Waals surface area contributed by atoms with Crippen LogP contribution < -0.4 is 5.32 Å².